The van der Waals surface area contributed by atoms with Crippen molar-refractivity contribution in [3.8, 4) is 0 Å². The summed E-state index contributed by atoms with van der Waals surface area (Å²) in [7, 11) is 1.48. The topological polar surface area (TPSA) is 120 Å². The van der Waals surface area contributed by atoms with E-state index in [0.717, 1.165) is 11.3 Å². The highest BCUT2D eigenvalue weighted by atomic mass is 32.1. The summed E-state index contributed by atoms with van der Waals surface area (Å²) in [5.74, 6) is -2.07. The lowest BCUT2D eigenvalue weighted by molar-refractivity contribution is -0.114. The van der Waals surface area contributed by atoms with E-state index < -0.39 is 17.8 Å². The van der Waals surface area contributed by atoms with Crippen LogP contribution in [0.1, 0.15) is 49.8 Å². The van der Waals surface area contributed by atoms with E-state index in [0.29, 0.717) is 11.3 Å². The molecule has 0 aliphatic heterocycles. The number of esters is 2. The Balaban J connectivity index is 2.34. The summed E-state index contributed by atoms with van der Waals surface area (Å²) in [4.78, 5) is 49.1. The third kappa shape index (κ3) is 6.37. The van der Waals surface area contributed by atoms with E-state index in [9.17, 15) is 19.2 Å². The number of thiophene rings is 1. The highest BCUT2D eigenvalue weighted by Crippen LogP contribution is 2.34. The van der Waals surface area contributed by atoms with Crippen LogP contribution < -0.4 is 10.6 Å². The number of benzene rings is 1. The zero-order valence-corrected chi connectivity index (χ0v) is 18.5. The fourth-order valence-electron chi connectivity index (χ4n) is 2.65. The lowest BCUT2D eigenvalue weighted by Gasteiger charge is -2.08. The van der Waals surface area contributed by atoms with Crippen molar-refractivity contribution in [2.45, 2.75) is 20.8 Å². The molecule has 166 valence electrons. The molecule has 0 saturated heterocycles. The van der Waals surface area contributed by atoms with Crippen molar-refractivity contribution in [3.05, 3.63) is 45.8 Å². The average Bonchev–Trinajstić information content (AvgIpc) is 3.04. The molecule has 0 atom stereocenters. The number of hydrogen-bond acceptors (Lipinski definition) is 8. The summed E-state index contributed by atoms with van der Waals surface area (Å²) in [6.07, 6.45) is 0. The Hall–Kier alpha value is -3.24. The minimum atomic E-state index is -0.658. The molecule has 0 radical (unpaired) electrons. The number of anilines is 2. The van der Waals surface area contributed by atoms with Crippen molar-refractivity contribution in [3.63, 3.8) is 0 Å². The summed E-state index contributed by atoms with van der Waals surface area (Å²) in [6, 6.07) is 6.32. The van der Waals surface area contributed by atoms with Crippen LogP contribution in [0.4, 0.5) is 10.7 Å². The molecule has 1 aromatic carbocycles. The van der Waals surface area contributed by atoms with Crippen LogP contribution in [0.2, 0.25) is 0 Å². The molecular formula is C21H24N2O7S. The van der Waals surface area contributed by atoms with Crippen molar-refractivity contribution in [1.82, 2.24) is 0 Å². The van der Waals surface area contributed by atoms with Crippen LogP contribution in [0.5, 0.6) is 0 Å². The molecule has 0 unspecified atom stereocenters. The number of hydrogen-bond donors (Lipinski definition) is 2. The van der Waals surface area contributed by atoms with Crippen LogP contribution in [0, 0.1) is 6.92 Å². The smallest absolute Gasteiger partial charge is 0.348 e. The standard InChI is InChI=1S/C21H24N2O7S/c1-5-29-20(26)16-12(2)17(21(27)30-10-9-28-4)31-19(16)23-18(25)14-7-6-8-15(11-14)22-13(3)24/h6-8,11H,5,9-10H2,1-4H3,(H,22,24)(H,23,25). The molecule has 2 aromatic rings. The molecule has 1 aromatic heterocycles. The second kappa shape index (κ2) is 11.2. The predicted octanol–water partition coefficient (Wildman–Crippen LogP) is 3.25. The Labute approximate surface area is 183 Å². The zero-order chi connectivity index (χ0) is 23.0. The zero-order valence-electron chi connectivity index (χ0n) is 17.7. The Bertz CT molecular complexity index is 984. The van der Waals surface area contributed by atoms with Gasteiger partial charge in [-0.25, -0.2) is 9.59 Å². The van der Waals surface area contributed by atoms with E-state index >= 15 is 0 Å². The second-order valence-electron chi connectivity index (χ2n) is 6.33. The summed E-state index contributed by atoms with van der Waals surface area (Å²) in [6.45, 7) is 5.02. The van der Waals surface area contributed by atoms with Gasteiger partial charge in [-0.15, -0.1) is 11.3 Å². The Kier molecular flexibility index (Phi) is 8.71. The molecule has 0 aliphatic rings. The van der Waals surface area contributed by atoms with Crippen molar-refractivity contribution in [1.29, 1.82) is 0 Å². The van der Waals surface area contributed by atoms with Crippen LogP contribution in [-0.4, -0.2) is 50.7 Å². The van der Waals surface area contributed by atoms with Crippen molar-refractivity contribution in [2.75, 3.05) is 37.6 Å². The monoisotopic (exact) mass is 448 g/mol. The molecule has 2 rings (SSSR count). The number of rotatable bonds is 9. The van der Waals surface area contributed by atoms with E-state index in [2.05, 4.69) is 10.6 Å². The highest BCUT2D eigenvalue weighted by Gasteiger charge is 2.27. The van der Waals surface area contributed by atoms with Gasteiger partial charge in [0.1, 0.15) is 16.5 Å². The maximum atomic E-state index is 12.8. The summed E-state index contributed by atoms with van der Waals surface area (Å²) < 4.78 is 15.1. The fraction of sp³-hybridized carbons (Fsp3) is 0.333. The van der Waals surface area contributed by atoms with Gasteiger partial charge in [0, 0.05) is 25.3 Å². The molecule has 0 bridgehead atoms. The number of methoxy groups -OCH3 is 1. The van der Waals surface area contributed by atoms with Crippen LogP contribution in [0.3, 0.4) is 0 Å². The third-order valence-electron chi connectivity index (χ3n) is 4.00. The lowest BCUT2D eigenvalue weighted by Crippen LogP contribution is -2.15. The Morgan fingerprint density at radius 1 is 1.03 bits per heavy atom. The summed E-state index contributed by atoms with van der Waals surface area (Å²) in [5, 5.41) is 5.44. The maximum Gasteiger partial charge on any atom is 0.348 e. The van der Waals surface area contributed by atoms with Gasteiger partial charge in [0.25, 0.3) is 5.91 Å². The third-order valence-corrected chi connectivity index (χ3v) is 5.19. The van der Waals surface area contributed by atoms with Crippen molar-refractivity contribution in [2.24, 2.45) is 0 Å². The number of carbonyl (C=O) groups excluding carboxylic acids is 4. The van der Waals surface area contributed by atoms with Gasteiger partial charge < -0.3 is 24.8 Å². The molecule has 2 N–H and O–H groups in total. The van der Waals surface area contributed by atoms with Crippen LogP contribution in [0.25, 0.3) is 0 Å². The fourth-order valence-corrected chi connectivity index (χ4v) is 3.73. The molecule has 0 saturated carbocycles. The number of carbonyl (C=O) groups is 4. The summed E-state index contributed by atoms with van der Waals surface area (Å²) >= 11 is 0.926. The lowest BCUT2D eigenvalue weighted by atomic mass is 10.1. The largest absolute Gasteiger partial charge is 0.462 e. The van der Waals surface area contributed by atoms with Crippen molar-refractivity contribution < 1.29 is 33.4 Å². The van der Waals surface area contributed by atoms with E-state index in [1.54, 1.807) is 32.0 Å². The highest BCUT2D eigenvalue weighted by molar-refractivity contribution is 7.18. The first-order valence-corrected chi connectivity index (χ1v) is 10.3. The Morgan fingerprint density at radius 2 is 1.77 bits per heavy atom. The first kappa shape index (κ1) is 24.0. The van der Waals surface area contributed by atoms with Crippen molar-refractivity contribution >= 4 is 45.8 Å². The maximum absolute atomic E-state index is 12.8. The minimum Gasteiger partial charge on any atom is -0.462 e. The van der Waals surface area contributed by atoms with Gasteiger partial charge in [0.2, 0.25) is 5.91 Å². The van der Waals surface area contributed by atoms with E-state index in [-0.39, 0.29) is 46.7 Å². The molecule has 0 aliphatic carbocycles. The van der Waals surface area contributed by atoms with Crippen LogP contribution >= 0.6 is 11.3 Å². The molecule has 10 heteroatoms. The molecule has 1 heterocycles. The molecule has 0 fully saturated rings. The van der Waals surface area contributed by atoms with Gasteiger partial charge in [-0.2, -0.15) is 0 Å². The van der Waals surface area contributed by atoms with Gasteiger partial charge in [0.15, 0.2) is 0 Å². The molecule has 2 amide bonds. The average molecular weight is 448 g/mol. The summed E-state index contributed by atoms with van der Waals surface area (Å²) in [5.41, 5.74) is 1.16. The van der Waals surface area contributed by atoms with Gasteiger partial charge in [-0.05, 0) is 37.6 Å². The van der Waals surface area contributed by atoms with Crippen LogP contribution in [0.15, 0.2) is 24.3 Å². The van der Waals surface area contributed by atoms with Gasteiger partial charge >= 0.3 is 11.9 Å². The molecule has 31 heavy (non-hydrogen) atoms. The van der Waals surface area contributed by atoms with Gasteiger partial charge in [0.05, 0.1) is 18.8 Å². The molecule has 9 nitrogen and oxygen atoms in total. The molecule has 0 spiro atoms. The normalized spacial score (nSPS) is 10.3. The van der Waals surface area contributed by atoms with E-state index in [4.69, 9.17) is 14.2 Å². The molecular weight excluding hydrogens is 424 g/mol. The quantitative estimate of drug-likeness (QED) is 0.446. The van der Waals surface area contributed by atoms with Gasteiger partial charge in [-0.1, -0.05) is 6.07 Å². The Morgan fingerprint density at radius 3 is 2.42 bits per heavy atom. The van der Waals surface area contributed by atoms with E-state index in [1.807, 2.05) is 0 Å². The minimum absolute atomic E-state index is 0.0546. The first-order valence-electron chi connectivity index (χ1n) is 9.44. The van der Waals surface area contributed by atoms with E-state index in [1.165, 1.54) is 20.1 Å². The SMILES string of the molecule is CCOC(=O)c1c(NC(=O)c2cccc(NC(C)=O)c2)sc(C(=O)OCCOC)c1C. The number of nitrogens with one attached hydrogen (secondary N) is 2. The first-order chi connectivity index (χ1) is 14.8. The number of amides is 2. The van der Waals surface area contributed by atoms with Gasteiger partial charge in [-0.3, -0.25) is 9.59 Å². The number of ether oxygens (including phenoxy) is 3. The van der Waals surface area contributed by atoms with Crippen LogP contribution in [-0.2, 0) is 19.0 Å². The second-order valence-corrected chi connectivity index (χ2v) is 7.35. The predicted molar refractivity (Wildman–Crippen MR) is 116 cm³/mol.